The molecule has 0 saturated heterocycles. The molecule has 1 amide bonds. The number of benzene rings is 2. The highest BCUT2D eigenvalue weighted by Gasteiger charge is 2.15. The summed E-state index contributed by atoms with van der Waals surface area (Å²) in [6.07, 6.45) is 6.82. The van der Waals surface area contributed by atoms with Crippen LogP contribution in [0.15, 0.2) is 48.5 Å². The molecule has 0 unspecified atom stereocenters. The molecule has 1 aliphatic carbocycles. The van der Waals surface area contributed by atoms with E-state index >= 15 is 0 Å². The lowest BCUT2D eigenvalue weighted by molar-refractivity contribution is -0.114. The van der Waals surface area contributed by atoms with Crippen LogP contribution < -0.4 is 5.32 Å². The molecule has 2 aromatic carbocycles. The van der Waals surface area contributed by atoms with Gasteiger partial charge in [0, 0.05) is 12.6 Å². The van der Waals surface area contributed by atoms with Crippen molar-refractivity contribution in [3.63, 3.8) is 0 Å². The van der Waals surface area contributed by atoms with Gasteiger partial charge in [-0.3, -0.25) is 4.79 Å². The van der Waals surface area contributed by atoms with E-state index in [9.17, 15) is 4.79 Å². The Morgan fingerprint density at radius 3 is 1.95 bits per heavy atom. The van der Waals surface area contributed by atoms with Crippen LogP contribution in [0.3, 0.4) is 0 Å². The predicted molar refractivity (Wildman–Crippen MR) is 92.0 cm³/mol. The van der Waals surface area contributed by atoms with Gasteiger partial charge in [0.25, 0.3) is 0 Å². The van der Waals surface area contributed by atoms with Crippen LogP contribution in [-0.2, 0) is 4.79 Å². The predicted octanol–water partition coefficient (Wildman–Crippen LogP) is 5.36. The van der Waals surface area contributed by atoms with E-state index in [2.05, 4.69) is 41.7 Å². The summed E-state index contributed by atoms with van der Waals surface area (Å²) in [6, 6.07) is 17.0. The molecule has 2 nitrogen and oxygen atoms in total. The summed E-state index contributed by atoms with van der Waals surface area (Å²) in [6.45, 7) is 1.53. The highest BCUT2D eigenvalue weighted by Crippen LogP contribution is 2.33. The number of carbonyl (C=O) groups is 1. The van der Waals surface area contributed by atoms with Crippen LogP contribution in [0.4, 0.5) is 5.69 Å². The van der Waals surface area contributed by atoms with E-state index in [0.29, 0.717) is 0 Å². The molecule has 0 aliphatic heterocycles. The second kappa shape index (κ2) is 6.78. The van der Waals surface area contributed by atoms with Gasteiger partial charge in [0.15, 0.2) is 0 Å². The third-order valence-corrected chi connectivity index (χ3v) is 4.53. The zero-order chi connectivity index (χ0) is 15.4. The number of anilines is 1. The van der Waals surface area contributed by atoms with Crippen molar-refractivity contribution in [2.45, 2.75) is 44.9 Å². The topological polar surface area (TPSA) is 29.1 Å². The molecule has 3 rings (SSSR count). The molecule has 2 heteroatoms. The first-order chi connectivity index (χ1) is 10.7. The summed E-state index contributed by atoms with van der Waals surface area (Å²) in [5.74, 6) is 0.717. The van der Waals surface area contributed by atoms with Crippen molar-refractivity contribution in [3.05, 3.63) is 54.1 Å². The van der Waals surface area contributed by atoms with Crippen molar-refractivity contribution in [1.29, 1.82) is 0 Å². The molecule has 1 saturated carbocycles. The monoisotopic (exact) mass is 293 g/mol. The molecule has 0 atom stereocenters. The average molecular weight is 293 g/mol. The summed E-state index contributed by atoms with van der Waals surface area (Å²) in [7, 11) is 0. The molecular weight excluding hydrogens is 270 g/mol. The lowest BCUT2D eigenvalue weighted by atomic mass is 9.84. The van der Waals surface area contributed by atoms with Gasteiger partial charge in [-0.15, -0.1) is 0 Å². The van der Waals surface area contributed by atoms with Crippen LogP contribution in [0.5, 0.6) is 0 Å². The molecule has 1 N–H and O–H groups in total. The lowest BCUT2D eigenvalue weighted by Gasteiger charge is -2.22. The summed E-state index contributed by atoms with van der Waals surface area (Å²) in [4.78, 5) is 11.0. The van der Waals surface area contributed by atoms with E-state index in [1.807, 2.05) is 12.1 Å². The lowest BCUT2D eigenvalue weighted by Crippen LogP contribution is -2.05. The molecule has 2 aromatic rings. The number of hydrogen-bond donors (Lipinski definition) is 1. The van der Waals surface area contributed by atoms with Gasteiger partial charge < -0.3 is 5.32 Å². The maximum absolute atomic E-state index is 11.0. The van der Waals surface area contributed by atoms with Crippen LogP contribution in [0.2, 0.25) is 0 Å². The van der Waals surface area contributed by atoms with Crippen molar-refractivity contribution in [3.8, 4) is 11.1 Å². The number of nitrogens with one attached hydrogen (secondary N) is 1. The van der Waals surface area contributed by atoms with E-state index < -0.39 is 0 Å². The summed E-state index contributed by atoms with van der Waals surface area (Å²) < 4.78 is 0. The quantitative estimate of drug-likeness (QED) is 0.811. The minimum atomic E-state index is -0.0374. The fraction of sp³-hybridized carbons (Fsp3) is 0.350. The Morgan fingerprint density at radius 2 is 1.41 bits per heavy atom. The first-order valence-electron chi connectivity index (χ1n) is 8.20. The molecule has 1 fully saturated rings. The van der Waals surface area contributed by atoms with Crippen LogP contribution in [0.1, 0.15) is 50.5 Å². The van der Waals surface area contributed by atoms with Crippen molar-refractivity contribution in [2.24, 2.45) is 0 Å². The second-order valence-electron chi connectivity index (χ2n) is 6.22. The molecular formula is C20H23NO. The second-order valence-corrected chi connectivity index (χ2v) is 6.22. The SMILES string of the molecule is CC(=O)Nc1ccc(-c2ccc(C3CCCCC3)cc2)cc1. The number of amides is 1. The molecule has 0 bridgehead atoms. The fourth-order valence-corrected chi connectivity index (χ4v) is 3.33. The van der Waals surface area contributed by atoms with Crippen molar-refractivity contribution < 1.29 is 4.79 Å². The van der Waals surface area contributed by atoms with Gasteiger partial charge >= 0.3 is 0 Å². The van der Waals surface area contributed by atoms with Gasteiger partial charge in [-0.2, -0.15) is 0 Å². The molecule has 0 radical (unpaired) electrons. The van der Waals surface area contributed by atoms with E-state index in [0.717, 1.165) is 11.6 Å². The molecule has 0 heterocycles. The normalized spacial score (nSPS) is 15.5. The number of carbonyl (C=O) groups excluding carboxylic acids is 1. The summed E-state index contributed by atoms with van der Waals surface area (Å²) in [5.41, 5.74) is 4.74. The maximum atomic E-state index is 11.0. The Bertz CT molecular complexity index is 622. The van der Waals surface area contributed by atoms with Crippen molar-refractivity contribution >= 4 is 11.6 Å². The first-order valence-corrected chi connectivity index (χ1v) is 8.20. The standard InChI is InChI=1S/C20H23NO/c1-15(22)21-20-13-11-19(12-14-20)18-9-7-17(8-10-18)16-5-3-2-4-6-16/h7-14,16H,2-6H2,1H3,(H,21,22). The Hall–Kier alpha value is -2.09. The Labute approximate surface area is 132 Å². The van der Waals surface area contributed by atoms with Crippen LogP contribution in [0, 0.1) is 0 Å². The molecule has 114 valence electrons. The number of rotatable bonds is 3. The average Bonchev–Trinajstić information content (AvgIpc) is 2.56. The van der Waals surface area contributed by atoms with Gasteiger partial charge in [-0.1, -0.05) is 55.7 Å². The zero-order valence-corrected chi connectivity index (χ0v) is 13.1. The minimum absolute atomic E-state index is 0.0374. The largest absolute Gasteiger partial charge is 0.326 e. The van der Waals surface area contributed by atoms with Crippen molar-refractivity contribution in [2.75, 3.05) is 5.32 Å². The van der Waals surface area contributed by atoms with Crippen molar-refractivity contribution in [1.82, 2.24) is 0 Å². The van der Waals surface area contributed by atoms with Gasteiger partial charge in [-0.25, -0.2) is 0 Å². The summed E-state index contributed by atoms with van der Waals surface area (Å²) >= 11 is 0. The minimum Gasteiger partial charge on any atom is -0.326 e. The zero-order valence-electron chi connectivity index (χ0n) is 13.1. The summed E-state index contributed by atoms with van der Waals surface area (Å²) in [5, 5.41) is 2.80. The molecule has 1 aliphatic rings. The van der Waals surface area contributed by atoms with E-state index in [4.69, 9.17) is 0 Å². The van der Waals surface area contributed by atoms with Crippen LogP contribution in [-0.4, -0.2) is 5.91 Å². The third-order valence-electron chi connectivity index (χ3n) is 4.53. The van der Waals surface area contributed by atoms with Crippen LogP contribution in [0.25, 0.3) is 11.1 Å². The highest BCUT2D eigenvalue weighted by atomic mass is 16.1. The van der Waals surface area contributed by atoms with Gasteiger partial charge in [0.05, 0.1) is 0 Å². The van der Waals surface area contributed by atoms with Gasteiger partial charge in [-0.05, 0) is 47.6 Å². The van der Waals surface area contributed by atoms with E-state index in [1.54, 1.807) is 0 Å². The van der Waals surface area contributed by atoms with E-state index in [1.165, 1.54) is 55.7 Å². The Balaban J connectivity index is 1.73. The maximum Gasteiger partial charge on any atom is 0.221 e. The molecule has 0 spiro atoms. The fourth-order valence-electron chi connectivity index (χ4n) is 3.33. The third kappa shape index (κ3) is 3.56. The molecule has 0 aromatic heterocycles. The van der Waals surface area contributed by atoms with Crippen LogP contribution >= 0.6 is 0 Å². The first kappa shape index (κ1) is 14.8. The highest BCUT2D eigenvalue weighted by molar-refractivity contribution is 5.89. The Morgan fingerprint density at radius 1 is 0.864 bits per heavy atom. The number of hydrogen-bond acceptors (Lipinski definition) is 1. The van der Waals surface area contributed by atoms with Gasteiger partial charge in [0.1, 0.15) is 0 Å². The molecule has 22 heavy (non-hydrogen) atoms. The smallest absolute Gasteiger partial charge is 0.221 e. The van der Waals surface area contributed by atoms with Gasteiger partial charge in [0.2, 0.25) is 5.91 Å². The van der Waals surface area contributed by atoms with E-state index in [-0.39, 0.29) is 5.91 Å². The Kier molecular flexibility index (Phi) is 4.57.